The van der Waals surface area contributed by atoms with E-state index in [0.717, 1.165) is 6.42 Å². The molecule has 0 saturated heterocycles. The van der Waals surface area contributed by atoms with Crippen molar-refractivity contribution in [3.8, 4) is 0 Å². The Hall–Kier alpha value is -1.19. The van der Waals surface area contributed by atoms with Gasteiger partial charge in [-0.2, -0.15) is 0 Å². The summed E-state index contributed by atoms with van der Waals surface area (Å²) in [5.74, 6) is -0.207. The van der Waals surface area contributed by atoms with Crippen molar-refractivity contribution < 1.29 is 15.0 Å². The summed E-state index contributed by atoms with van der Waals surface area (Å²) in [5.41, 5.74) is -0.587. The van der Waals surface area contributed by atoms with Crippen LogP contribution in [0.15, 0.2) is 30.3 Å². The Bertz CT molecular complexity index is 361. The molecule has 0 fully saturated rings. The Morgan fingerprint density at radius 2 is 1.94 bits per heavy atom. The Morgan fingerprint density at radius 1 is 1.35 bits per heavy atom. The molecule has 3 nitrogen and oxygen atoms in total. The van der Waals surface area contributed by atoms with E-state index in [1.165, 1.54) is 0 Å². The molecule has 0 heterocycles. The van der Waals surface area contributed by atoms with Crippen molar-refractivity contribution in [2.24, 2.45) is 5.41 Å². The molecule has 94 valence electrons. The molecule has 17 heavy (non-hydrogen) atoms. The van der Waals surface area contributed by atoms with Gasteiger partial charge in [0, 0.05) is 5.56 Å². The van der Waals surface area contributed by atoms with E-state index in [1.807, 2.05) is 13.0 Å². The molecule has 0 unspecified atom stereocenters. The first-order chi connectivity index (χ1) is 8.06. The summed E-state index contributed by atoms with van der Waals surface area (Å²) in [6, 6.07) is 8.79. The lowest BCUT2D eigenvalue weighted by atomic mass is 9.76. The maximum absolute atomic E-state index is 12.3. The van der Waals surface area contributed by atoms with E-state index >= 15 is 0 Å². The van der Waals surface area contributed by atoms with Gasteiger partial charge in [-0.15, -0.1) is 0 Å². The van der Waals surface area contributed by atoms with Gasteiger partial charge in [0.25, 0.3) is 0 Å². The highest BCUT2D eigenvalue weighted by molar-refractivity contribution is 6.00. The normalized spacial score (nSPS) is 16.2. The van der Waals surface area contributed by atoms with Crippen molar-refractivity contribution in [1.29, 1.82) is 0 Å². The minimum absolute atomic E-state index is 0.207. The van der Waals surface area contributed by atoms with Gasteiger partial charge in [-0.3, -0.25) is 4.79 Å². The van der Waals surface area contributed by atoms with E-state index in [-0.39, 0.29) is 12.4 Å². The molecule has 1 aromatic carbocycles. The number of ketones is 1. The molecule has 0 saturated carbocycles. The summed E-state index contributed by atoms with van der Waals surface area (Å²) in [6.45, 7) is 3.21. The van der Waals surface area contributed by atoms with Crippen molar-refractivity contribution in [3.05, 3.63) is 35.9 Å². The molecule has 3 heteroatoms. The summed E-state index contributed by atoms with van der Waals surface area (Å²) in [5, 5.41) is 19.5. The molecule has 0 aromatic heterocycles. The van der Waals surface area contributed by atoms with E-state index in [4.69, 9.17) is 0 Å². The number of hydrogen-bond donors (Lipinski definition) is 2. The number of aliphatic hydroxyl groups is 2. The largest absolute Gasteiger partial charge is 0.395 e. The second-order valence-electron chi connectivity index (χ2n) is 4.58. The van der Waals surface area contributed by atoms with E-state index in [1.54, 1.807) is 31.2 Å². The third kappa shape index (κ3) is 2.93. The lowest BCUT2D eigenvalue weighted by Crippen LogP contribution is -2.43. The molecule has 0 radical (unpaired) electrons. The van der Waals surface area contributed by atoms with Crippen LogP contribution in [0.2, 0.25) is 0 Å². The van der Waals surface area contributed by atoms with Gasteiger partial charge in [0.2, 0.25) is 0 Å². The van der Waals surface area contributed by atoms with Crippen molar-refractivity contribution in [3.63, 3.8) is 0 Å². The summed E-state index contributed by atoms with van der Waals surface area (Å²) < 4.78 is 0. The van der Waals surface area contributed by atoms with Gasteiger partial charge in [0.05, 0.1) is 18.1 Å². The van der Waals surface area contributed by atoms with Crippen molar-refractivity contribution in [2.75, 3.05) is 6.61 Å². The lowest BCUT2D eigenvalue weighted by molar-refractivity contribution is 0.000559. The van der Waals surface area contributed by atoms with E-state index in [2.05, 4.69) is 0 Å². The predicted octanol–water partition coefficient (Wildman–Crippen LogP) is 2.03. The van der Waals surface area contributed by atoms with Gasteiger partial charge >= 0.3 is 0 Å². The zero-order valence-corrected chi connectivity index (χ0v) is 10.4. The number of carbonyl (C=O) groups is 1. The highest BCUT2D eigenvalue weighted by Gasteiger charge is 2.39. The molecule has 0 bridgehead atoms. The minimum atomic E-state index is -1.11. The van der Waals surface area contributed by atoms with Crippen molar-refractivity contribution in [1.82, 2.24) is 0 Å². The standard InChI is InChI=1S/C14H20O3/c1-3-7-12(16)14(2,10-15)13(17)11-8-5-4-6-9-11/h4-6,8-9,12,15-16H,3,7,10H2,1-2H3/t12-,14+/m1/s1. The molecule has 2 N–H and O–H groups in total. The maximum atomic E-state index is 12.3. The third-order valence-electron chi connectivity index (χ3n) is 3.18. The first-order valence-corrected chi connectivity index (χ1v) is 5.95. The van der Waals surface area contributed by atoms with Crippen LogP contribution in [0.25, 0.3) is 0 Å². The summed E-state index contributed by atoms with van der Waals surface area (Å²) >= 11 is 0. The van der Waals surface area contributed by atoms with Gasteiger partial charge < -0.3 is 10.2 Å². The molecule has 1 rings (SSSR count). The molecule has 0 spiro atoms. The van der Waals surface area contributed by atoms with Gasteiger partial charge in [0.15, 0.2) is 5.78 Å². The fourth-order valence-electron chi connectivity index (χ4n) is 1.84. The monoisotopic (exact) mass is 236 g/mol. The fourth-order valence-corrected chi connectivity index (χ4v) is 1.84. The number of Topliss-reactive ketones (excluding diaryl/α,β-unsaturated/α-hetero) is 1. The molecular weight excluding hydrogens is 216 g/mol. The van der Waals surface area contributed by atoms with Crippen LogP contribution in [0.3, 0.4) is 0 Å². The number of rotatable bonds is 6. The van der Waals surface area contributed by atoms with Crippen LogP contribution < -0.4 is 0 Å². The van der Waals surface area contributed by atoms with Crippen LogP contribution in [-0.2, 0) is 0 Å². The second kappa shape index (κ2) is 5.94. The topological polar surface area (TPSA) is 57.5 Å². The summed E-state index contributed by atoms with van der Waals surface area (Å²) in [6.07, 6.45) is 0.472. The van der Waals surface area contributed by atoms with Gasteiger partial charge in [0.1, 0.15) is 0 Å². The van der Waals surface area contributed by atoms with Crippen molar-refractivity contribution >= 4 is 5.78 Å². The highest BCUT2D eigenvalue weighted by Crippen LogP contribution is 2.28. The molecule has 0 aliphatic rings. The number of benzene rings is 1. The maximum Gasteiger partial charge on any atom is 0.173 e. The molecular formula is C14H20O3. The Morgan fingerprint density at radius 3 is 2.41 bits per heavy atom. The van der Waals surface area contributed by atoms with Crippen LogP contribution in [0.4, 0.5) is 0 Å². The van der Waals surface area contributed by atoms with Crippen LogP contribution in [0.1, 0.15) is 37.0 Å². The number of carbonyl (C=O) groups excluding carboxylic acids is 1. The molecule has 1 aromatic rings. The Kier molecular flexibility index (Phi) is 4.85. The molecule has 2 atom stereocenters. The molecule has 0 aliphatic carbocycles. The highest BCUT2D eigenvalue weighted by atomic mass is 16.3. The van der Waals surface area contributed by atoms with Gasteiger partial charge in [-0.25, -0.2) is 0 Å². The first-order valence-electron chi connectivity index (χ1n) is 5.95. The summed E-state index contributed by atoms with van der Waals surface area (Å²) in [7, 11) is 0. The Balaban J connectivity index is 2.97. The third-order valence-corrected chi connectivity index (χ3v) is 3.18. The van der Waals surface area contributed by atoms with Crippen LogP contribution in [0.5, 0.6) is 0 Å². The zero-order chi connectivity index (χ0) is 12.9. The van der Waals surface area contributed by atoms with Gasteiger partial charge in [-0.05, 0) is 13.3 Å². The average molecular weight is 236 g/mol. The molecule has 0 aliphatic heterocycles. The van der Waals surface area contributed by atoms with E-state index < -0.39 is 11.5 Å². The van der Waals surface area contributed by atoms with E-state index in [9.17, 15) is 15.0 Å². The van der Waals surface area contributed by atoms with Crippen LogP contribution in [-0.4, -0.2) is 28.7 Å². The van der Waals surface area contributed by atoms with E-state index in [0.29, 0.717) is 12.0 Å². The smallest absolute Gasteiger partial charge is 0.173 e. The molecule has 0 amide bonds. The number of aliphatic hydroxyl groups excluding tert-OH is 2. The van der Waals surface area contributed by atoms with Crippen LogP contribution >= 0.6 is 0 Å². The Labute approximate surface area is 102 Å². The SMILES string of the molecule is CCC[C@@H](O)[C@](C)(CO)C(=O)c1ccccc1. The number of hydrogen-bond acceptors (Lipinski definition) is 3. The lowest BCUT2D eigenvalue weighted by Gasteiger charge is -2.31. The predicted molar refractivity (Wildman–Crippen MR) is 66.9 cm³/mol. The zero-order valence-electron chi connectivity index (χ0n) is 10.4. The second-order valence-corrected chi connectivity index (χ2v) is 4.58. The van der Waals surface area contributed by atoms with Crippen molar-refractivity contribution in [2.45, 2.75) is 32.8 Å². The first kappa shape index (κ1) is 13.9. The fraction of sp³-hybridized carbons (Fsp3) is 0.500. The minimum Gasteiger partial charge on any atom is -0.395 e. The summed E-state index contributed by atoms with van der Waals surface area (Å²) in [4.78, 5) is 12.3. The quantitative estimate of drug-likeness (QED) is 0.743. The van der Waals surface area contributed by atoms with Gasteiger partial charge in [-0.1, -0.05) is 43.7 Å². The van der Waals surface area contributed by atoms with Crippen LogP contribution in [0, 0.1) is 5.41 Å². The average Bonchev–Trinajstić information content (AvgIpc) is 2.38.